The average Bonchev–Trinajstić information content (AvgIpc) is 3.30. The van der Waals surface area contributed by atoms with E-state index in [1.807, 2.05) is 49.6 Å². The van der Waals surface area contributed by atoms with Gasteiger partial charge in [0.1, 0.15) is 17.2 Å². The summed E-state index contributed by atoms with van der Waals surface area (Å²) in [5, 5.41) is 9.56. The number of benzene rings is 1. The Balaban J connectivity index is 1.66. The lowest BCUT2D eigenvalue weighted by atomic mass is 9.87. The molecule has 0 saturated carbocycles. The quantitative estimate of drug-likeness (QED) is 0.507. The van der Waals surface area contributed by atoms with Gasteiger partial charge in [0.2, 0.25) is 0 Å². The molecule has 0 fully saturated rings. The number of aryl methyl sites for hydroxylation is 1. The van der Waals surface area contributed by atoms with Crippen molar-refractivity contribution in [3.63, 3.8) is 0 Å². The topological polar surface area (TPSA) is 64.2 Å². The fourth-order valence-corrected chi connectivity index (χ4v) is 4.07. The van der Waals surface area contributed by atoms with Crippen LogP contribution in [0.25, 0.3) is 16.9 Å². The van der Waals surface area contributed by atoms with Gasteiger partial charge in [0.05, 0.1) is 15.4 Å². The largest absolute Gasteiger partial charge is 0.285 e. The SMILES string of the molecule is Cn1ccc(-c2cc3c(Cl)ccc(NS(=O)c4ccc(C(C)(C)C)cc4)n3n2)n1. The number of nitrogens with one attached hydrogen (secondary N) is 1. The van der Waals surface area contributed by atoms with Crippen molar-refractivity contribution in [3.8, 4) is 11.4 Å². The molecular weight excluding hydrogens is 406 g/mol. The third kappa shape index (κ3) is 3.93. The van der Waals surface area contributed by atoms with E-state index >= 15 is 0 Å². The van der Waals surface area contributed by atoms with Gasteiger partial charge in [0.15, 0.2) is 11.0 Å². The summed E-state index contributed by atoms with van der Waals surface area (Å²) in [6, 6.07) is 15.1. The first-order valence-corrected chi connectivity index (χ1v) is 10.7. The van der Waals surface area contributed by atoms with Gasteiger partial charge in [-0.05, 0) is 47.4 Å². The highest BCUT2D eigenvalue weighted by Crippen LogP contribution is 2.28. The van der Waals surface area contributed by atoms with Gasteiger partial charge in [0.25, 0.3) is 0 Å². The zero-order valence-corrected chi connectivity index (χ0v) is 18.3. The van der Waals surface area contributed by atoms with Crippen LogP contribution >= 0.6 is 11.6 Å². The van der Waals surface area contributed by atoms with Crippen molar-refractivity contribution in [2.45, 2.75) is 31.1 Å². The van der Waals surface area contributed by atoms with Crippen LogP contribution in [0.3, 0.4) is 0 Å². The Morgan fingerprint density at radius 1 is 1.00 bits per heavy atom. The summed E-state index contributed by atoms with van der Waals surface area (Å²) in [6.45, 7) is 6.45. The highest BCUT2D eigenvalue weighted by molar-refractivity contribution is 7.86. The van der Waals surface area contributed by atoms with Crippen molar-refractivity contribution in [3.05, 3.63) is 65.3 Å². The first-order chi connectivity index (χ1) is 13.7. The van der Waals surface area contributed by atoms with Gasteiger partial charge in [0, 0.05) is 13.2 Å². The molecule has 3 heterocycles. The van der Waals surface area contributed by atoms with Crippen LogP contribution in [0, 0.1) is 0 Å². The molecule has 29 heavy (non-hydrogen) atoms. The predicted octanol–water partition coefficient (Wildman–Crippen LogP) is 4.82. The molecule has 4 rings (SSSR count). The molecule has 0 aliphatic rings. The van der Waals surface area contributed by atoms with Crippen LogP contribution in [-0.4, -0.2) is 23.6 Å². The molecule has 0 spiro atoms. The fourth-order valence-electron chi connectivity index (χ4n) is 3.03. The van der Waals surface area contributed by atoms with Crippen LogP contribution in [0.4, 0.5) is 5.82 Å². The molecule has 1 unspecified atom stereocenters. The van der Waals surface area contributed by atoms with Crippen molar-refractivity contribution in [1.29, 1.82) is 0 Å². The van der Waals surface area contributed by atoms with E-state index < -0.39 is 11.0 Å². The lowest BCUT2D eigenvalue weighted by Crippen LogP contribution is -2.12. The number of halogens is 1. The summed E-state index contributed by atoms with van der Waals surface area (Å²) in [5.74, 6) is 0.588. The van der Waals surface area contributed by atoms with Gasteiger partial charge in [-0.3, -0.25) is 9.40 Å². The smallest absolute Gasteiger partial charge is 0.151 e. The molecule has 0 amide bonds. The second-order valence-corrected chi connectivity index (χ2v) is 9.53. The standard InChI is InChI=1S/C21H22ClN5OS/c1-21(2,3)14-5-7-15(8-6-14)29(28)25-20-10-9-16(22)19-13-18(24-27(19)20)17-11-12-26(4)23-17/h5-13,25H,1-4H3. The minimum atomic E-state index is -1.44. The third-order valence-corrected chi connectivity index (χ3v) is 6.09. The van der Waals surface area contributed by atoms with E-state index in [2.05, 4.69) is 35.7 Å². The molecule has 0 bridgehead atoms. The molecule has 0 aliphatic carbocycles. The number of hydrogen-bond donors (Lipinski definition) is 1. The van der Waals surface area contributed by atoms with E-state index in [0.717, 1.165) is 11.2 Å². The summed E-state index contributed by atoms with van der Waals surface area (Å²) < 4.78 is 19.3. The lowest BCUT2D eigenvalue weighted by Gasteiger charge is -2.19. The van der Waals surface area contributed by atoms with Gasteiger partial charge >= 0.3 is 0 Å². The summed E-state index contributed by atoms with van der Waals surface area (Å²) in [4.78, 5) is 0.693. The minimum Gasteiger partial charge on any atom is -0.285 e. The molecule has 0 saturated heterocycles. The number of nitrogens with zero attached hydrogens (tertiary/aromatic N) is 4. The Morgan fingerprint density at radius 2 is 1.72 bits per heavy atom. The Kier molecular flexibility index (Phi) is 4.96. The maximum atomic E-state index is 12.9. The molecule has 8 heteroatoms. The Hall–Kier alpha value is -2.64. The predicted molar refractivity (Wildman–Crippen MR) is 118 cm³/mol. The number of pyridine rings is 1. The monoisotopic (exact) mass is 427 g/mol. The molecule has 1 aromatic carbocycles. The second kappa shape index (κ2) is 7.31. The Bertz CT molecular complexity index is 1200. The van der Waals surface area contributed by atoms with E-state index in [-0.39, 0.29) is 5.41 Å². The Labute approximate surface area is 177 Å². The van der Waals surface area contributed by atoms with Crippen molar-refractivity contribution in [2.24, 2.45) is 7.05 Å². The van der Waals surface area contributed by atoms with E-state index in [1.54, 1.807) is 21.3 Å². The lowest BCUT2D eigenvalue weighted by molar-refractivity contribution is 0.589. The zero-order chi connectivity index (χ0) is 20.8. The number of fused-ring (bicyclic) bond motifs is 1. The normalized spacial score (nSPS) is 13.0. The van der Waals surface area contributed by atoms with Crippen LogP contribution in [0.2, 0.25) is 5.02 Å². The van der Waals surface area contributed by atoms with Gasteiger partial charge in [-0.2, -0.15) is 10.2 Å². The average molecular weight is 428 g/mol. The first kappa shape index (κ1) is 19.7. The Morgan fingerprint density at radius 3 is 2.34 bits per heavy atom. The minimum absolute atomic E-state index is 0.0483. The van der Waals surface area contributed by atoms with Crippen molar-refractivity contribution in [2.75, 3.05) is 4.72 Å². The molecule has 150 valence electrons. The van der Waals surface area contributed by atoms with Crippen molar-refractivity contribution < 1.29 is 4.21 Å². The summed E-state index contributed by atoms with van der Waals surface area (Å²) >= 11 is 6.36. The number of aromatic nitrogens is 4. The second-order valence-electron chi connectivity index (χ2n) is 7.91. The number of rotatable bonds is 4. The summed E-state index contributed by atoms with van der Waals surface area (Å²) in [6.07, 6.45) is 1.86. The molecular formula is C21H22ClN5OS. The maximum Gasteiger partial charge on any atom is 0.151 e. The highest BCUT2D eigenvalue weighted by atomic mass is 35.5. The first-order valence-electron chi connectivity index (χ1n) is 9.20. The molecule has 0 radical (unpaired) electrons. The van der Waals surface area contributed by atoms with Crippen LogP contribution in [-0.2, 0) is 23.4 Å². The van der Waals surface area contributed by atoms with Gasteiger partial charge in [-0.1, -0.05) is 44.5 Å². The molecule has 3 aromatic heterocycles. The molecule has 1 N–H and O–H groups in total. The van der Waals surface area contributed by atoms with Crippen LogP contribution in [0.15, 0.2) is 59.6 Å². The van der Waals surface area contributed by atoms with Gasteiger partial charge in [-0.25, -0.2) is 8.72 Å². The van der Waals surface area contributed by atoms with Crippen LogP contribution in [0.5, 0.6) is 0 Å². The van der Waals surface area contributed by atoms with E-state index in [0.29, 0.717) is 21.4 Å². The summed E-state index contributed by atoms with van der Waals surface area (Å²) in [5.41, 5.74) is 3.41. The molecule has 1 atom stereocenters. The highest BCUT2D eigenvalue weighted by Gasteiger charge is 2.16. The molecule has 0 aliphatic heterocycles. The number of hydrogen-bond acceptors (Lipinski definition) is 3. The van der Waals surface area contributed by atoms with E-state index in [9.17, 15) is 4.21 Å². The maximum absolute atomic E-state index is 12.9. The third-order valence-electron chi connectivity index (χ3n) is 4.68. The van der Waals surface area contributed by atoms with Gasteiger partial charge < -0.3 is 0 Å². The zero-order valence-electron chi connectivity index (χ0n) is 16.7. The molecule has 4 aromatic rings. The van der Waals surface area contributed by atoms with Crippen molar-refractivity contribution in [1.82, 2.24) is 19.4 Å². The van der Waals surface area contributed by atoms with Crippen LogP contribution in [0.1, 0.15) is 26.3 Å². The fraction of sp³-hybridized carbons (Fsp3) is 0.238. The van der Waals surface area contributed by atoms with Crippen LogP contribution < -0.4 is 4.72 Å². The van der Waals surface area contributed by atoms with E-state index in [4.69, 9.17) is 11.6 Å². The van der Waals surface area contributed by atoms with Gasteiger partial charge in [-0.15, -0.1) is 0 Å². The van der Waals surface area contributed by atoms with Crippen molar-refractivity contribution >= 4 is 33.9 Å². The summed E-state index contributed by atoms with van der Waals surface area (Å²) in [7, 11) is 0.418. The van der Waals surface area contributed by atoms with E-state index in [1.165, 1.54) is 5.56 Å². The number of anilines is 1. The molecule has 6 nitrogen and oxygen atoms in total.